The Labute approximate surface area is 158 Å². The number of anilines is 2. The van der Waals surface area contributed by atoms with Gasteiger partial charge in [0.05, 0.1) is 18.0 Å². The second-order valence-corrected chi connectivity index (χ2v) is 6.64. The summed E-state index contributed by atoms with van der Waals surface area (Å²) in [5.41, 5.74) is 1.44. The summed E-state index contributed by atoms with van der Waals surface area (Å²) in [5, 5.41) is 5.72. The van der Waals surface area contributed by atoms with Gasteiger partial charge >= 0.3 is 0 Å². The summed E-state index contributed by atoms with van der Waals surface area (Å²) in [5.74, 6) is 0.880. The summed E-state index contributed by atoms with van der Waals surface area (Å²) < 4.78 is 5.51. The first-order valence-electron chi connectivity index (χ1n) is 8.66. The standard InChI is InChI=1S/C20H24N2O3S/c1-3-7-19(23)21-15-10-12-16(13-11-15)26-14-20(24)22-17-8-5-6-9-18(17)25-4-2/h5-6,8-13H,3-4,7,14H2,1-2H3,(H,21,23)(H,22,24). The molecule has 0 saturated carbocycles. The van der Waals surface area contributed by atoms with Crippen molar-refractivity contribution in [3.05, 3.63) is 48.5 Å². The largest absolute Gasteiger partial charge is 0.492 e. The van der Waals surface area contributed by atoms with Crippen molar-refractivity contribution in [1.82, 2.24) is 0 Å². The van der Waals surface area contributed by atoms with Gasteiger partial charge in [-0.1, -0.05) is 19.1 Å². The molecule has 0 fully saturated rings. The molecule has 0 saturated heterocycles. The van der Waals surface area contributed by atoms with Crippen LogP contribution in [0.25, 0.3) is 0 Å². The van der Waals surface area contributed by atoms with Crippen molar-refractivity contribution in [3.8, 4) is 5.75 Å². The molecule has 0 aliphatic rings. The van der Waals surface area contributed by atoms with Crippen LogP contribution in [0.1, 0.15) is 26.7 Å². The lowest BCUT2D eigenvalue weighted by Crippen LogP contribution is -2.15. The quantitative estimate of drug-likeness (QED) is 0.634. The molecule has 26 heavy (non-hydrogen) atoms. The number of amides is 2. The number of benzene rings is 2. The van der Waals surface area contributed by atoms with Crippen LogP contribution in [0.2, 0.25) is 0 Å². The van der Waals surface area contributed by atoms with E-state index in [1.807, 2.05) is 62.4 Å². The van der Waals surface area contributed by atoms with Crippen molar-refractivity contribution in [2.45, 2.75) is 31.6 Å². The lowest BCUT2D eigenvalue weighted by molar-refractivity contribution is -0.116. The molecule has 0 aliphatic heterocycles. The first-order valence-corrected chi connectivity index (χ1v) is 9.65. The van der Waals surface area contributed by atoms with Crippen LogP contribution >= 0.6 is 11.8 Å². The van der Waals surface area contributed by atoms with Gasteiger partial charge in [-0.05, 0) is 49.7 Å². The lowest BCUT2D eigenvalue weighted by atomic mass is 10.3. The van der Waals surface area contributed by atoms with Crippen LogP contribution in [-0.4, -0.2) is 24.2 Å². The first kappa shape index (κ1) is 19.8. The third kappa shape index (κ3) is 6.44. The Morgan fingerprint density at radius 3 is 2.38 bits per heavy atom. The van der Waals surface area contributed by atoms with E-state index in [1.54, 1.807) is 0 Å². The predicted octanol–water partition coefficient (Wildman–Crippen LogP) is 4.55. The van der Waals surface area contributed by atoms with Crippen molar-refractivity contribution in [3.63, 3.8) is 0 Å². The molecule has 0 unspecified atom stereocenters. The summed E-state index contributed by atoms with van der Waals surface area (Å²) in [4.78, 5) is 24.7. The van der Waals surface area contributed by atoms with Gasteiger partial charge < -0.3 is 15.4 Å². The zero-order valence-electron chi connectivity index (χ0n) is 15.1. The van der Waals surface area contributed by atoms with E-state index in [0.29, 0.717) is 30.2 Å². The average Bonchev–Trinajstić information content (AvgIpc) is 2.63. The van der Waals surface area contributed by atoms with Crippen LogP contribution in [0.5, 0.6) is 5.75 Å². The number of para-hydroxylation sites is 2. The van der Waals surface area contributed by atoms with E-state index in [9.17, 15) is 9.59 Å². The van der Waals surface area contributed by atoms with Crippen molar-refractivity contribution in [1.29, 1.82) is 0 Å². The van der Waals surface area contributed by atoms with Crippen LogP contribution < -0.4 is 15.4 Å². The molecular formula is C20H24N2O3S. The second kappa shape index (κ2) is 10.5. The van der Waals surface area contributed by atoms with Gasteiger partial charge in [0.25, 0.3) is 0 Å². The number of thioether (sulfide) groups is 1. The van der Waals surface area contributed by atoms with Gasteiger partial charge in [-0.15, -0.1) is 11.8 Å². The van der Waals surface area contributed by atoms with Gasteiger partial charge in [-0.3, -0.25) is 9.59 Å². The molecule has 0 atom stereocenters. The predicted molar refractivity (Wildman–Crippen MR) is 107 cm³/mol. The molecule has 0 bridgehead atoms. The molecule has 2 aromatic rings. The third-order valence-electron chi connectivity index (χ3n) is 3.45. The minimum atomic E-state index is -0.0949. The molecule has 0 aliphatic carbocycles. The maximum atomic E-state index is 12.2. The zero-order chi connectivity index (χ0) is 18.8. The number of nitrogens with one attached hydrogen (secondary N) is 2. The molecule has 0 spiro atoms. The van der Waals surface area contributed by atoms with E-state index >= 15 is 0 Å². The van der Waals surface area contributed by atoms with E-state index in [0.717, 1.165) is 17.0 Å². The smallest absolute Gasteiger partial charge is 0.234 e. The number of hydrogen-bond donors (Lipinski definition) is 2. The fraction of sp³-hybridized carbons (Fsp3) is 0.300. The first-order chi connectivity index (χ1) is 12.6. The number of hydrogen-bond acceptors (Lipinski definition) is 4. The maximum Gasteiger partial charge on any atom is 0.234 e. The highest BCUT2D eigenvalue weighted by Crippen LogP contribution is 2.25. The van der Waals surface area contributed by atoms with Gasteiger partial charge in [-0.25, -0.2) is 0 Å². The SMILES string of the molecule is CCCC(=O)Nc1ccc(SCC(=O)Nc2ccccc2OCC)cc1. The van der Waals surface area contributed by atoms with Crippen molar-refractivity contribution in [2.75, 3.05) is 23.0 Å². The highest BCUT2D eigenvalue weighted by molar-refractivity contribution is 8.00. The van der Waals surface area contributed by atoms with Crippen LogP contribution in [0.4, 0.5) is 11.4 Å². The summed E-state index contributed by atoms with van der Waals surface area (Å²) in [6, 6.07) is 14.9. The van der Waals surface area contributed by atoms with Gasteiger partial charge in [0.15, 0.2) is 0 Å². The summed E-state index contributed by atoms with van der Waals surface area (Å²) >= 11 is 1.44. The molecule has 0 heterocycles. The van der Waals surface area contributed by atoms with E-state index in [2.05, 4.69) is 10.6 Å². The number of carbonyl (C=O) groups is 2. The van der Waals surface area contributed by atoms with Crippen molar-refractivity contribution >= 4 is 35.0 Å². The summed E-state index contributed by atoms with van der Waals surface area (Å²) in [7, 11) is 0. The van der Waals surface area contributed by atoms with Crippen molar-refractivity contribution in [2.24, 2.45) is 0 Å². The van der Waals surface area contributed by atoms with E-state index in [1.165, 1.54) is 11.8 Å². The maximum absolute atomic E-state index is 12.2. The monoisotopic (exact) mass is 372 g/mol. The Hall–Kier alpha value is -2.47. The lowest BCUT2D eigenvalue weighted by Gasteiger charge is -2.11. The molecule has 138 valence electrons. The molecule has 0 aromatic heterocycles. The second-order valence-electron chi connectivity index (χ2n) is 5.59. The van der Waals surface area contributed by atoms with E-state index < -0.39 is 0 Å². The van der Waals surface area contributed by atoms with Gasteiger partial charge in [0.1, 0.15) is 5.75 Å². The van der Waals surface area contributed by atoms with Crippen LogP contribution in [-0.2, 0) is 9.59 Å². The average molecular weight is 372 g/mol. The normalized spacial score (nSPS) is 10.2. The third-order valence-corrected chi connectivity index (χ3v) is 4.46. The topological polar surface area (TPSA) is 67.4 Å². The Morgan fingerprint density at radius 2 is 1.69 bits per heavy atom. The highest BCUT2D eigenvalue weighted by atomic mass is 32.2. The van der Waals surface area contributed by atoms with Gasteiger partial charge in [-0.2, -0.15) is 0 Å². The molecular weight excluding hydrogens is 348 g/mol. The number of ether oxygens (including phenoxy) is 1. The van der Waals surface area contributed by atoms with E-state index in [-0.39, 0.29) is 11.8 Å². The Balaban J connectivity index is 1.85. The minimum absolute atomic E-state index is 0.0141. The molecule has 0 radical (unpaired) electrons. The van der Waals surface area contributed by atoms with Crippen molar-refractivity contribution < 1.29 is 14.3 Å². The van der Waals surface area contributed by atoms with Crippen LogP contribution in [0.3, 0.4) is 0 Å². The zero-order valence-corrected chi connectivity index (χ0v) is 15.9. The van der Waals surface area contributed by atoms with Gasteiger partial charge in [0, 0.05) is 17.0 Å². The molecule has 2 rings (SSSR count). The summed E-state index contributed by atoms with van der Waals surface area (Å²) in [6.45, 7) is 4.42. The summed E-state index contributed by atoms with van der Waals surface area (Å²) in [6.07, 6.45) is 1.33. The fourth-order valence-electron chi connectivity index (χ4n) is 2.27. The fourth-order valence-corrected chi connectivity index (χ4v) is 2.97. The molecule has 2 aromatic carbocycles. The number of carbonyl (C=O) groups excluding carboxylic acids is 2. The Kier molecular flexibility index (Phi) is 8.02. The minimum Gasteiger partial charge on any atom is -0.492 e. The Morgan fingerprint density at radius 1 is 0.962 bits per heavy atom. The van der Waals surface area contributed by atoms with Crippen LogP contribution in [0, 0.1) is 0 Å². The number of rotatable bonds is 9. The molecule has 6 heteroatoms. The highest BCUT2D eigenvalue weighted by Gasteiger charge is 2.08. The van der Waals surface area contributed by atoms with E-state index in [4.69, 9.17) is 4.74 Å². The molecule has 5 nitrogen and oxygen atoms in total. The van der Waals surface area contributed by atoms with Gasteiger partial charge in [0.2, 0.25) is 11.8 Å². The Bertz CT molecular complexity index is 732. The molecule has 2 N–H and O–H groups in total. The molecule has 2 amide bonds. The van der Waals surface area contributed by atoms with Crippen LogP contribution in [0.15, 0.2) is 53.4 Å².